The quantitative estimate of drug-likeness (QED) is 0.367. The SMILES string of the molecule is CCNC(=NCc1ccon1)NCC(C)(O)c1ccc(C)o1.I. The fourth-order valence-corrected chi connectivity index (χ4v) is 1.89. The molecular weight excluding hydrogens is 411 g/mol. The molecule has 0 fully saturated rings. The second kappa shape index (κ2) is 8.92. The van der Waals surface area contributed by atoms with Crippen LogP contribution in [0.2, 0.25) is 0 Å². The lowest BCUT2D eigenvalue weighted by atomic mass is 10.0. The van der Waals surface area contributed by atoms with E-state index in [1.807, 2.05) is 19.9 Å². The van der Waals surface area contributed by atoms with Crippen LogP contribution in [0.5, 0.6) is 0 Å². The number of aliphatic imine (C=N–C) groups is 1. The number of furan rings is 1. The zero-order valence-electron chi connectivity index (χ0n) is 13.5. The summed E-state index contributed by atoms with van der Waals surface area (Å²) in [6, 6.07) is 5.36. The first-order valence-corrected chi connectivity index (χ1v) is 7.22. The summed E-state index contributed by atoms with van der Waals surface area (Å²) in [5.74, 6) is 1.88. The number of hydrogen-bond acceptors (Lipinski definition) is 5. The third kappa shape index (κ3) is 5.87. The first-order valence-electron chi connectivity index (χ1n) is 7.22. The molecule has 0 amide bonds. The second-order valence-electron chi connectivity index (χ2n) is 5.22. The highest BCUT2D eigenvalue weighted by Crippen LogP contribution is 2.21. The Kier molecular flexibility index (Phi) is 7.56. The molecule has 23 heavy (non-hydrogen) atoms. The van der Waals surface area contributed by atoms with Crippen LogP contribution in [0.1, 0.15) is 31.1 Å². The Morgan fingerprint density at radius 2 is 2.13 bits per heavy atom. The molecule has 1 unspecified atom stereocenters. The first-order chi connectivity index (χ1) is 10.5. The van der Waals surface area contributed by atoms with Crippen molar-refractivity contribution in [1.82, 2.24) is 15.8 Å². The van der Waals surface area contributed by atoms with Crippen LogP contribution in [0.15, 0.2) is 38.4 Å². The Hall–Kier alpha value is -1.55. The van der Waals surface area contributed by atoms with Gasteiger partial charge < -0.3 is 24.7 Å². The van der Waals surface area contributed by atoms with Gasteiger partial charge in [-0.25, -0.2) is 4.99 Å². The van der Waals surface area contributed by atoms with Crippen LogP contribution in [-0.4, -0.2) is 29.3 Å². The molecular formula is C15H23IN4O3. The maximum Gasteiger partial charge on any atom is 0.191 e. The zero-order valence-corrected chi connectivity index (χ0v) is 15.8. The number of rotatable bonds is 6. The number of aliphatic hydroxyl groups is 1. The van der Waals surface area contributed by atoms with E-state index in [0.717, 1.165) is 11.5 Å². The minimum atomic E-state index is -1.13. The van der Waals surface area contributed by atoms with E-state index in [-0.39, 0.29) is 30.5 Å². The summed E-state index contributed by atoms with van der Waals surface area (Å²) in [7, 11) is 0. The molecule has 128 valence electrons. The number of halogens is 1. The smallest absolute Gasteiger partial charge is 0.191 e. The third-order valence-electron chi connectivity index (χ3n) is 3.11. The Balaban J connectivity index is 0.00000264. The lowest BCUT2D eigenvalue weighted by Gasteiger charge is -2.22. The van der Waals surface area contributed by atoms with Gasteiger partial charge in [-0.3, -0.25) is 0 Å². The van der Waals surface area contributed by atoms with Crippen LogP contribution in [0, 0.1) is 6.92 Å². The maximum atomic E-state index is 10.5. The summed E-state index contributed by atoms with van der Waals surface area (Å²) in [5, 5.41) is 20.5. The van der Waals surface area contributed by atoms with E-state index in [0.29, 0.717) is 24.8 Å². The number of nitrogens with zero attached hydrogens (tertiary/aromatic N) is 2. The number of aromatic nitrogens is 1. The van der Waals surface area contributed by atoms with E-state index in [9.17, 15) is 5.11 Å². The Morgan fingerprint density at radius 3 is 2.70 bits per heavy atom. The molecule has 2 aromatic rings. The fraction of sp³-hybridized carbons (Fsp3) is 0.467. The molecule has 0 radical (unpaired) electrons. The van der Waals surface area contributed by atoms with Gasteiger partial charge in [0.1, 0.15) is 29.1 Å². The van der Waals surface area contributed by atoms with E-state index in [1.54, 1.807) is 19.1 Å². The topological polar surface area (TPSA) is 95.8 Å². The van der Waals surface area contributed by atoms with Gasteiger partial charge in [0.15, 0.2) is 5.96 Å². The molecule has 7 nitrogen and oxygen atoms in total. The van der Waals surface area contributed by atoms with Gasteiger partial charge >= 0.3 is 0 Å². The van der Waals surface area contributed by atoms with Crippen LogP contribution in [0.25, 0.3) is 0 Å². The molecule has 2 rings (SSSR count). The van der Waals surface area contributed by atoms with Crippen molar-refractivity contribution >= 4 is 29.9 Å². The number of hydrogen-bond donors (Lipinski definition) is 3. The molecule has 0 spiro atoms. The Bertz CT molecular complexity index is 608. The predicted octanol–water partition coefficient (Wildman–Crippen LogP) is 2.16. The summed E-state index contributed by atoms with van der Waals surface area (Å²) < 4.78 is 10.3. The Labute approximate surface area is 152 Å². The summed E-state index contributed by atoms with van der Waals surface area (Å²) in [6.07, 6.45) is 1.51. The second-order valence-corrected chi connectivity index (χ2v) is 5.22. The molecule has 0 saturated carbocycles. The normalized spacial score (nSPS) is 14.0. The monoisotopic (exact) mass is 434 g/mol. The van der Waals surface area contributed by atoms with Gasteiger partial charge in [-0.1, -0.05) is 5.16 Å². The van der Waals surface area contributed by atoms with Gasteiger partial charge in [-0.15, -0.1) is 24.0 Å². The predicted molar refractivity (Wildman–Crippen MR) is 97.8 cm³/mol. The van der Waals surface area contributed by atoms with Crippen LogP contribution in [0.3, 0.4) is 0 Å². The minimum absolute atomic E-state index is 0. The van der Waals surface area contributed by atoms with Crippen molar-refractivity contribution < 1.29 is 14.0 Å². The molecule has 0 aliphatic rings. The van der Waals surface area contributed by atoms with Gasteiger partial charge in [0, 0.05) is 12.6 Å². The van der Waals surface area contributed by atoms with Crippen molar-refractivity contribution in [2.75, 3.05) is 13.1 Å². The zero-order chi connectivity index (χ0) is 16.0. The lowest BCUT2D eigenvalue weighted by molar-refractivity contribution is 0.0378. The van der Waals surface area contributed by atoms with Crippen LogP contribution < -0.4 is 10.6 Å². The number of nitrogens with one attached hydrogen (secondary N) is 2. The van der Waals surface area contributed by atoms with Crippen molar-refractivity contribution in [2.24, 2.45) is 4.99 Å². The van der Waals surface area contributed by atoms with Gasteiger partial charge in [-0.2, -0.15) is 0 Å². The molecule has 8 heteroatoms. The highest BCUT2D eigenvalue weighted by molar-refractivity contribution is 14.0. The molecule has 3 N–H and O–H groups in total. The van der Waals surface area contributed by atoms with Crippen LogP contribution in [-0.2, 0) is 12.1 Å². The van der Waals surface area contributed by atoms with Crippen molar-refractivity contribution in [2.45, 2.75) is 32.9 Å². The average molecular weight is 434 g/mol. The first kappa shape index (κ1) is 19.5. The van der Waals surface area contributed by atoms with Crippen LogP contribution in [0.4, 0.5) is 0 Å². The van der Waals surface area contributed by atoms with Gasteiger partial charge in [-0.05, 0) is 32.9 Å². The van der Waals surface area contributed by atoms with E-state index < -0.39 is 5.60 Å². The largest absolute Gasteiger partial charge is 0.463 e. The lowest BCUT2D eigenvalue weighted by Crippen LogP contribution is -2.44. The van der Waals surface area contributed by atoms with Gasteiger partial charge in [0.2, 0.25) is 0 Å². The number of guanidine groups is 1. The molecule has 0 aliphatic heterocycles. The van der Waals surface area contributed by atoms with Crippen molar-refractivity contribution in [1.29, 1.82) is 0 Å². The van der Waals surface area contributed by atoms with E-state index in [1.165, 1.54) is 6.26 Å². The minimum Gasteiger partial charge on any atom is -0.463 e. The molecule has 2 heterocycles. The standard InChI is InChI=1S/C15H22N4O3.HI/c1-4-16-14(17-9-12-7-8-21-19-12)18-10-15(3,20)13-6-5-11(2)22-13;/h5-8,20H,4,9-10H2,1-3H3,(H2,16,17,18);1H. The van der Waals surface area contributed by atoms with E-state index >= 15 is 0 Å². The summed E-state index contributed by atoms with van der Waals surface area (Å²) in [6.45, 7) is 6.89. The highest BCUT2D eigenvalue weighted by Gasteiger charge is 2.27. The number of aryl methyl sites for hydroxylation is 1. The van der Waals surface area contributed by atoms with Crippen molar-refractivity contribution in [3.8, 4) is 0 Å². The molecule has 0 saturated heterocycles. The van der Waals surface area contributed by atoms with Crippen LogP contribution >= 0.6 is 24.0 Å². The van der Waals surface area contributed by atoms with Gasteiger partial charge in [0.05, 0.1) is 13.1 Å². The molecule has 0 bridgehead atoms. The third-order valence-corrected chi connectivity index (χ3v) is 3.11. The van der Waals surface area contributed by atoms with Crippen molar-refractivity contribution in [3.05, 3.63) is 41.7 Å². The maximum absolute atomic E-state index is 10.5. The van der Waals surface area contributed by atoms with E-state index in [2.05, 4.69) is 20.8 Å². The summed E-state index contributed by atoms with van der Waals surface area (Å²) >= 11 is 0. The highest BCUT2D eigenvalue weighted by atomic mass is 127. The average Bonchev–Trinajstić information content (AvgIpc) is 3.13. The molecule has 1 atom stereocenters. The Morgan fingerprint density at radius 1 is 1.35 bits per heavy atom. The molecule has 2 aromatic heterocycles. The fourth-order valence-electron chi connectivity index (χ4n) is 1.89. The van der Waals surface area contributed by atoms with E-state index in [4.69, 9.17) is 8.94 Å². The molecule has 0 aromatic carbocycles. The summed E-state index contributed by atoms with van der Waals surface area (Å²) in [4.78, 5) is 4.39. The van der Waals surface area contributed by atoms with Crippen molar-refractivity contribution in [3.63, 3.8) is 0 Å². The molecule has 0 aliphatic carbocycles. The van der Waals surface area contributed by atoms with Gasteiger partial charge in [0.25, 0.3) is 0 Å². The summed E-state index contributed by atoms with van der Waals surface area (Å²) in [5.41, 5.74) is -0.385.